The lowest BCUT2D eigenvalue weighted by Crippen LogP contribution is -2.36. The van der Waals surface area contributed by atoms with E-state index in [-0.39, 0.29) is 25.0 Å². The molecule has 0 aromatic carbocycles. The minimum Gasteiger partial charge on any atom is -0.464 e. The van der Waals surface area contributed by atoms with E-state index in [4.69, 9.17) is 4.74 Å². The lowest BCUT2D eigenvalue weighted by Gasteiger charge is -2.07. The van der Waals surface area contributed by atoms with Gasteiger partial charge in [0.25, 0.3) is 0 Å². The van der Waals surface area contributed by atoms with Gasteiger partial charge in [-0.15, -0.1) is 0 Å². The summed E-state index contributed by atoms with van der Waals surface area (Å²) in [5.74, 6) is -0.424. The summed E-state index contributed by atoms with van der Waals surface area (Å²) in [5, 5.41) is 4.71. The number of thiocarbonyl (C=S) groups is 1. The minimum absolute atomic E-state index is 0.148. The number of carbonyl (C=O) groups excluding carboxylic acids is 2. The van der Waals surface area contributed by atoms with Crippen molar-refractivity contribution in [3.05, 3.63) is 0 Å². The summed E-state index contributed by atoms with van der Waals surface area (Å²) < 4.78 is 4.81. The van der Waals surface area contributed by atoms with Crippen molar-refractivity contribution in [2.24, 2.45) is 5.92 Å². The molecule has 0 rings (SSSR count). The first-order chi connectivity index (χ1) is 6.57. The van der Waals surface area contributed by atoms with Crippen LogP contribution < -0.4 is 10.6 Å². The number of carbonyl (C=O) groups is 2. The zero-order chi connectivity index (χ0) is 11.0. The fraction of sp³-hybridized carbons (Fsp3) is 0.625. The van der Waals surface area contributed by atoms with E-state index in [1.165, 1.54) is 0 Å². The average molecular weight is 218 g/mol. The standard InChI is InChI=1S/C8H14N2O3S/c1-6(2)7(11)13-4-3-9-8(12)10-5-14/h5-6H,3-4H2,1-2H3,(H2,9,10,12,14). The molecule has 0 radical (unpaired) electrons. The third-order valence-electron chi connectivity index (χ3n) is 1.29. The Morgan fingerprint density at radius 1 is 1.50 bits per heavy atom. The molecule has 0 bridgehead atoms. The number of ether oxygens (including phenoxy) is 1. The Bertz CT molecular complexity index is 219. The van der Waals surface area contributed by atoms with Crippen molar-refractivity contribution >= 4 is 29.7 Å². The molecule has 2 amide bonds. The van der Waals surface area contributed by atoms with Crippen LogP contribution in [0.15, 0.2) is 0 Å². The van der Waals surface area contributed by atoms with Gasteiger partial charge in [0.05, 0.1) is 18.0 Å². The molecule has 0 atom stereocenters. The summed E-state index contributed by atoms with van der Waals surface area (Å²) in [6.07, 6.45) is 0. The summed E-state index contributed by atoms with van der Waals surface area (Å²) in [7, 11) is 0. The van der Waals surface area contributed by atoms with Crippen LogP contribution in [0, 0.1) is 5.92 Å². The SMILES string of the molecule is CC(C)C(=O)OCCNC(=O)NC=S. The summed E-state index contributed by atoms with van der Waals surface area (Å²) in [6, 6.07) is -0.402. The van der Waals surface area contributed by atoms with Crippen LogP contribution in [0.3, 0.4) is 0 Å². The molecule has 6 heteroatoms. The van der Waals surface area contributed by atoms with E-state index in [2.05, 4.69) is 22.9 Å². The average Bonchev–Trinajstić information content (AvgIpc) is 2.12. The van der Waals surface area contributed by atoms with E-state index >= 15 is 0 Å². The summed E-state index contributed by atoms with van der Waals surface area (Å²) in [6.45, 7) is 3.93. The molecule has 0 unspecified atom stereocenters. The van der Waals surface area contributed by atoms with Crippen molar-refractivity contribution in [2.45, 2.75) is 13.8 Å². The number of rotatable bonds is 5. The van der Waals surface area contributed by atoms with Crippen molar-refractivity contribution in [1.29, 1.82) is 0 Å². The van der Waals surface area contributed by atoms with Gasteiger partial charge in [-0.25, -0.2) is 4.79 Å². The molecule has 0 saturated carbocycles. The number of esters is 1. The van der Waals surface area contributed by atoms with E-state index in [1.54, 1.807) is 13.8 Å². The highest BCUT2D eigenvalue weighted by atomic mass is 32.1. The summed E-state index contributed by atoms with van der Waals surface area (Å²) in [5.41, 5.74) is 1.11. The van der Waals surface area contributed by atoms with Crippen LogP contribution in [0.4, 0.5) is 4.79 Å². The van der Waals surface area contributed by atoms with Gasteiger partial charge in [-0.05, 0) is 0 Å². The Morgan fingerprint density at radius 3 is 2.64 bits per heavy atom. The van der Waals surface area contributed by atoms with Crippen LogP contribution in [-0.2, 0) is 9.53 Å². The van der Waals surface area contributed by atoms with Crippen molar-refractivity contribution < 1.29 is 14.3 Å². The van der Waals surface area contributed by atoms with Gasteiger partial charge in [-0.1, -0.05) is 26.1 Å². The van der Waals surface area contributed by atoms with Crippen LogP contribution in [0.1, 0.15) is 13.8 Å². The quantitative estimate of drug-likeness (QED) is 0.399. The smallest absolute Gasteiger partial charge is 0.319 e. The molecule has 0 aliphatic heterocycles. The maximum Gasteiger partial charge on any atom is 0.319 e. The van der Waals surface area contributed by atoms with E-state index in [0.29, 0.717) is 0 Å². The fourth-order valence-corrected chi connectivity index (χ4v) is 0.694. The number of hydrogen-bond acceptors (Lipinski definition) is 4. The van der Waals surface area contributed by atoms with Gasteiger partial charge in [0.15, 0.2) is 0 Å². The molecule has 0 aromatic heterocycles. The largest absolute Gasteiger partial charge is 0.464 e. The van der Waals surface area contributed by atoms with Crippen LogP contribution in [0.25, 0.3) is 0 Å². The van der Waals surface area contributed by atoms with E-state index < -0.39 is 6.03 Å². The highest BCUT2D eigenvalue weighted by Gasteiger charge is 2.07. The predicted molar refractivity (Wildman–Crippen MR) is 56.0 cm³/mol. The third-order valence-corrected chi connectivity index (χ3v) is 1.41. The molecule has 80 valence electrons. The van der Waals surface area contributed by atoms with Gasteiger partial charge in [-0.2, -0.15) is 0 Å². The zero-order valence-electron chi connectivity index (χ0n) is 8.20. The van der Waals surface area contributed by atoms with E-state index in [9.17, 15) is 9.59 Å². The van der Waals surface area contributed by atoms with Crippen LogP contribution in [0.2, 0.25) is 0 Å². The van der Waals surface area contributed by atoms with Crippen LogP contribution in [-0.4, -0.2) is 30.6 Å². The number of amides is 2. The molecule has 0 aliphatic rings. The molecular formula is C8H14N2O3S. The summed E-state index contributed by atoms with van der Waals surface area (Å²) >= 11 is 4.40. The van der Waals surface area contributed by atoms with Crippen LogP contribution in [0.5, 0.6) is 0 Å². The number of nitrogens with one attached hydrogen (secondary N) is 2. The molecule has 0 aromatic rings. The molecule has 0 fully saturated rings. The number of hydrogen-bond donors (Lipinski definition) is 2. The Balaban J connectivity index is 3.42. The maximum atomic E-state index is 10.9. The first-order valence-electron chi connectivity index (χ1n) is 4.22. The van der Waals surface area contributed by atoms with Gasteiger partial charge in [0.2, 0.25) is 0 Å². The Labute approximate surface area is 88.2 Å². The summed E-state index contributed by atoms with van der Waals surface area (Å²) in [4.78, 5) is 21.7. The second kappa shape index (κ2) is 7.25. The van der Waals surface area contributed by atoms with E-state index in [1.807, 2.05) is 0 Å². The second-order valence-corrected chi connectivity index (χ2v) is 3.08. The minimum atomic E-state index is -0.402. The van der Waals surface area contributed by atoms with Crippen molar-refractivity contribution in [2.75, 3.05) is 13.2 Å². The Kier molecular flexibility index (Phi) is 6.65. The van der Waals surface area contributed by atoms with Gasteiger partial charge in [-0.3, -0.25) is 4.79 Å². The highest BCUT2D eigenvalue weighted by Crippen LogP contribution is 1.94. The highest BCUT2D eigenvalue weighted by molar-refractivity contribution is 7.78. The van der Waals surface area contributed by atoms with Crippen LogP contribution >= 0.6 is 12.2 Å². The topological polar surface area (TPSA) is 67.4 Å². The van der Waals surface area contributed by atoms with Crippen molar-refractivity contribution in [1.82, 2.24) is 10.6 Å². The molecule has 0 saturated heterocycles. The van der Waals surface area contributed by atoms with Gasteiger partial charge >= 0.3 is 12.0 Å². The molecule has 0 heterocycles. The second-order valence-electron chi connectivity index (χ2n) is 2.84. The lowest BCUT2D eigenvalue weighted by molar-refractivity contribution is -0.147. The molecule has 5 nitrogen and oxygen atoms in total. The first-order valence-corrected chi connectivity index (χ1v) is 4.69. The fourth-order valence-electron chi connectivity index (χ4n) is 0.587. The zero-order valence-corrected chi connectivity index (χ0v) is 9.02. The monoisotopic (exact) mass is 218 g/mol. The Morgan fingerprint density at radius 2 is 2.14 bits per heavy atom. The maximum absolute atomic E-state index is 10.9. The molecular weight excluding hydrogens is 204 g/mol. The van der Waals surface area contributed by atoms with E-state index in [0.717, 1.165) is 5.49 Å². The first kappa shape index (κ1) is 12.8. The lowest BCUT2D eigenvalue weighted by atomic mass is 10.2. The van der Waals surface area contributed by atoms with Gasteiger partial charge in [0.1, 0.15) is 6.61 Å². The molecule has 2 N–H and O–H groups in total. The van der Waals surface area contributed by atoms with Gasteiger partial charge in [0, 0.05) is 0 Å². The molecule has 14 heavy (non-hydrogen) atoms. The number of urea groups is 1. The Hall–Kier alpha value is -1.17. The predicted octanol–water partition coefficient (Wildman–Crippen LogP) is 0.442. The van der Waals surface area contributed by atoms with Crippen molar-refractivity contribution in [3.63, 3.8) is 0 Å². The normalized spacial score (nSPS) is 9.36. The van der Waals surface area contributed by atoms with Gasteiger partial charge < -0.3 is 15.4 Å². The third kappa shape index (κ3) is 6.36. The molecule has 0 aliphatic carbocycles. The molecule has 0 spiro atoms. The van der Waals surface area contributed by atoms with Crippen molar-refractivity contribution in [3.8, 4) is 0 Å².